The number of rotatable bonds is 3. The van der Waals surface area contributed by atoms with Crippen LogP contribution < -0.4 is 5.32 Å². The van der Waals surface area contributed by atoms with Gasteiger partial charge in [-0.15, -0.1) is 0 Å². The Bertz CT molecular complexity index is 608. The van der Waals surface area contributed by atoms with Crippen molar-refractivity contribution >= 4 is 5.69 Å². The van der Waals surface area contributed by atoms with Crippen molar-refractivity contribution in [3.63, 3.8) is 0 Å². The highest BCUT2D eigenvalue weighted by Gasteiger charge is 2.12. The summed E-state index contributed by atoms with van der Waals surface area (Å²) in [6.45, 7) is 10.3. The first-order valence-corrected chi connectivity index (χ1v) is 6.99. The minimum Gasteiger partial charge on any atom is -0.378 e. The van der Waals surface area contributed by atoms with Crippen LogP contribution in [-0.2, 0) is 0 Å². The second-order valence-corrected chi connectivity index (χ2v) is 5.64. The summed E-state index contributed by atoms with van der Waals surface area (Å²) in [4.78, 5) is 0. The van der Waals surface area contributed by atoms with Crippen molar-refractivity contribution in [3.05, 3.63) is 64.0 Å². The van der Waals surface area contributed by atoms with E-state index in [4.69, 9.17) is 0 Å². The molecule has 1 unspecified atom stereocenters. The fraction of sp³-hybridized carbons (Fsp3) is 0.333. The second-order valence-electron chi connectivity index (χ2n) is 5.64. The van der Waals surface area contributed by atoms with E-state index >= 15 is 0 Å². The second kappa shape index (κ2) is 5.66. The maximum atomic E-state index is 13.3. The fourth-order valence-corrected chi connectivity index (χ4v) is 2.93. The van der Waals surface area contributed by atoms with Crippen molar-refractivity contribution in [2.24, 2.45) is 0 Å². The number of hydrogen-bond donors (Lipinski definition) is 1. The van der Waals surface area contributed by atoms with E-state index in [2.05, 4.69) is 45.1 Å². The summed E-state index contributed by atoms with van der Waals surface area (Å²) in [5, 5.41) is 3.46. The maximum Gasteiger partial charge on any atom is 0.126 e. The van der Waals surface area contributed by atoms with Crippen LogP contribution in [0.4, 0.5) is 10.1 Å². The Kier molecular flexibility index (Phi) is 4.12. The molecule has 0 radical (unpaired) electrons. The van der Waals surface area contributed by atoms with Gasteiger partial charge in [-0.1, -0.05) is 17.7 Å². The molecule has 1 atom stereocenters. The molecule has 2 heteroatoms. The molecule has 0 bridgehead atoms. The molecule has 2 aromatic rings. The third-order valence-corrected chi connectivity index (χ3v) is 3.71. The molecule has 1 nitrogen and oxygen atoms in total. The van der Waals surface area contributed by atoms with Crippen LogP contribution in [0, 0.1) is 33.5 Å². The predicted octanol–water partition coefficient (Wildman–Crippen LogP) is 5.23. The normalized spacial score (nSPS) is 12.3. The predicted molar refractivity (Wildman–Crippen MR) is 83.8 cm³/mol. The number of aryl methyl sites for hydroxylation is 4. The average molecular weight is 271 g/mol. The lowest BCUT2D eigenvalue weighted by atomic mass is 9.94. The smallest absolute Gasteiger partial charge is 0.126 e. The molecule has 2 rings (SSSR count). The number of nitrogens with one attached hydrogen (secondary N) is 1. The molecule has 0 saturated carbocycles. The quantitative estimate of drug-likeness (QED) is 0.805. The van der Waals surface area contributed by atoms with Gasteiger partial charge in [0.05, 0.1) is 0 Å². The van der Waals surface area contributed by atoms with Crippen molar-refractivity contribution in [1.29, 1.82) is 0 Å². The van der Waals surface area contributed by atoms with Gasteiger partial charge in [-0.05, 0) is 75.1 Å². The Balaban J connectivity index is 2.28. The average Bonchev–Trinajstić information content (AvgIpc) is 2.32. The maximum absolute atomic E-state index is 13.3. The van der Waals surface area contributed by atoms with Gasteiger partial charge in [-0.25, -0.2) is 4.39 Å². The van der Waals surface area contributed by atoms with Crippen molar-refractivity contribution < 1.29 is 4.39 Å². The molecule has 0 amide bonds. The lowest BCUT2D eigenvalue weighted by molar-refractivity contribution is 0.618. The van der Waals surface area contributed by atoms with E-state index in [1.807, 2.05) is 6.07 Å². The van der Waals surface area contributed by atoms with Crippen molar-refractivity contribution in [1.82, 2.24) is 0 Å². The van der Waals surface area contributed by atoms with E-state index in [1.54, 1.807) is 13.0 Å². The molecule has 106 valence electrons. The summed E-state index contributed by atoms with van der Waals surface area (Å²) in [5.74, 6) is -0.161. The number of hydrogen-bond acceptors (Lipinski definition) is 1. The van der Waals surface area contributed by atoms with Gasteiger partial charge >= 0.3 is 0 Å². The first-order chi connectivity index (χ1) is 9.38. The molecule has 1 N–H and O–H groups in total. The van der Waals surface area contributed by atoms with Crippen LogP contribution in [0.15, 0.2) is 30.3 Å². The highest BCUT2D eigenvalue weighted by Crippen LogP contribution is 2.27. The number of anilines is 1. The summed E-state index contributed by atoms with van der Waals surface area (Å²) < 4.78 is 13.3. The Morgan fingerprint density at radius 2 is 1.50 bits per heavy atom. The molecular weight excluding hydrogens is 249 g/mol. The third-order valence-electron chi connectivity index (χ3n) is 3.71. The zero-order valence-corrected chi connectivity index (χ0v) is 12.8. The van der Waals surface area contributed by atoms with Crippen LogP contribution in [0.5, 0.6) is 0 Å². The van der Waals surface area contributed by atoms with E-state index in [9.17, 15) is 4.39 Å². The minimum atomic E-state index is -0.161. The first kappa shape index (κ1) is 14.6. The molecule has 0 saturated heterocycles. The van der Waals surface area contributed by atoms with Gasteiger partial charge in [-0.2, -0.15) is 0 Å². The summed E-state index contributed by atoms with van der Waals surface area (Å²) in [5.41, 5.74) is 6.81. The molecule has 0 aromatic heterocycles. The van der Waals surface area contributed by atoms with E-state index in [0.29, 0.717) is 5.56 Å². The topological polar surface area (TPSA) is 12.0 Å². The molecule has 0 aliphatic carbocycles. The van der Waals surface area contributed by atoms with Gasteiger partial charge in [0.2, 0.25) is 0 Å². The van der Waals surface area contributed by atoms with Crippen LogP contribution in [0.2, 0.25) is 0 Å². The van der Waals surface area contributed by atoms with Crippen LogP contribution in [0.1, 0.15) is 40.8 Å². The number of benzene rings is 2. The van der Waals surface area contributed by atoms with E-state index in [1.165, 1.54) is 28.3 Å². The molecular formula is C18H22FN. The molecule has 2 aromatic carbocycles. The van der Waals surface area contributed by atoms with Gasteiger partial charge < -0.3 is 5.32 Å². The van der Waals surface area contributed by atoms with Crippen molar-refractivity contribution in [2.75, 3.05) is 5.32 Å². The summed E-state index contributed by atoms with van der Waals surface area (Å²) in [6, 6.07) is 9.76. The summed E-state index contributed by atoms with van der Waals surface area (Å²) in [7, 11) is 0. The van der Waals surface area contributed by atoms with Gasteiger partial charge in [-0.3, -0.25) is 0 Å². The monoisotopic (exact) mass is 271 g/mol. The highest BCUT2D eigenvalue weighted by molar-refractivity contribution is 5.50. The Hall–Kier alpha value is -1.83. The Morgan fingerprint density at radius 1 is 0.900 bits per heavy atom. The van der Waals surface area contributed by atoms with Gasteiger partial charge in [0.1, 0.15) is 5.82 Å². The summed E-state index contributed by atoms with van der Waals surface area (Å²) in [6.07, 6.45) is 0. The zero-order chi connectivity index (χ0) is 14.9. The molecule has 20 heavy (non-hydrogen) atoms. The van der Waals surface area contributed by atoms with E-state index < -0.39 is 0 Å². The van der Waals surface area contributed by atoms with E-state index in [0.717, 1.165) is 5.69 Å². The third kappa shape index (κ3) is 3.01. The standard InChI is InChI=1S/C18H22FN/c1-11-8-13(3)18(14(4)9-11)15(5)20-16-6-7-17(19)12(2)10-16/h6-10,15,20H,1-5H3. The number of halogens is 1. The van der Waals surface area contributed by atoms with Crippen LogP contribution in [0.25, 0.3) is 0 Å². The van der Waals surface area contributed by atoms with Gasteiger partial charge in [0.15, 0.2) is 0 Å². The Labute approximate surface area is 120 Å². The molecule has 0 aliphatic heterocycles. The van der Waals surface area contributed by atoms with Crippen LogP contribution in [0.3, 0.4) is 0 Å². The molecule has 0 fully saturated rings. The zero-order valence-electron chi connectivity index (χ0n) is 12.8. The lowest BCUT2D eigenvalue weighted by Gasteiger charge is -2.21. The molecule has 0 aliphatic rings. The SMILES string of the molecule is Cc1cc(C)c(C(C)Nc2ccc(F)c(C)c2)c(C)c1. The largest absolute Gasteiger partial charge is 0.378 e. The van der Waals surface area contributed by atoms with Gasteiger partial charge in [0, 0.05) is 11.7 Å². The lowest BCUT2D eigenvalue weighted by Crippen LogP contribution is -2.10. The first-order valence-electron chi connectivity index (χ1n) is 6.99. The van der Waals surface area contributed by atoms with Gasteiger partial charge in [0.25, 0.3) is 0 Å². The Morgan fingerprint density at radius 3 is 2.05 bits per heavy atom. The fourth-order valence-electron chi connectivity index (χ4n) is 2.93. The highest BCUT2D eigenvalue weighted by atomic mass is 19.1. The molecule has 0 heterocycles. The summed E-state index contributed by atoms with van der Waals surface area (Å²) >= 11 is 0. The van der Waals surface area contributed by atoms with Crippen molar-refractivity contribution in [3.8, 4) is 0 Å². The van der Waals surface area contributed by atoms with Crippen LogP contribution >= 0.6 is 0 Å². The van der Waals surface area contributed by atoms with Crippen LogP contribution in [-0.4, -0.2) is 0 Å². The van der Waals surface area contributed by atoms with Crippen molar-refractivity contribution in [2.45, 2.75) is 40.7 Å². The van der Waals surface area contributed by atoms with E-state index in [-0.39, 0.29) is 11.9 Å². The minimum absolute atomic E-state index is 0.161. The molecule has 0 spiro atoms.